The fourth-order valence-corrected chi connectivity index (χ4v) is 2.30. The van der Waals surface area contributed by atoms with Crippen LogP contribution in [0.2, 0.25) is 0 Å². The molecule has 1 heterocycles. The minimum absolute atomic E-state index is 0.0372. The molecular formula is C17H24N4O3. The standard InChI is InChI=1S/C17H24N4O3/c1-4-23-15-7-6-14(10-16(15)24-5-2)13(3)20-17(22)8-9-21-12-18-11-19-21/h6-7,10-13H,4-5,8-9H2,1-3H3,(H,20,22). The Morgan fingerprint density at radius 2 is 2.00 bits per heavy atom. The summed E-state index contributed by atoms with van der Waals surface area (Å²) in [5.74, 6) is 1.37. The minimum atomic E-state index is -0.122. The van der Waals surface area contributed by atoms with Crippen LogP contribution >= 0.6 is 0 Å². The van der Waals surface area contributed by atoms with Gasteiger partial charge in [0.25, 0.3) is 0 Å². The van der Waals surface area contributed by atoms with E-state index in [-0.39, 0.29) is 11.9 Å². The topological polar surface area (TPSA) is 78.3 Å². The smallest absolute Gasteiger partial charge is 0.222 e. The van der Waals surface area contributed by atoms with Crippen LogP contribution in [0.5, 0.6) is 11.5 Å². The fourth-order valence-electron chi connectivity index (χ4n) is 2.30. The van der Waals surface area contributed by atoms with E-state index in [1.54, 1.807) is 11.0 Å². The predicted molar refractivity (Wildman–Crippen MR) is 90.0 cm³/mol. The van der Waals surface area contributed by atoms with Gasteiger partial charge in [-0.25, -0.2) is 4.98 Å². The van der Waals surface area contributed by atoms with E-state index in [4.69, 9.17) is 9.47 Å². The highest BCUT2D eigenvalue weighted by Crippen LogP contribution is 2.30. The molecule has 2 aromatic rings. The van der Waals surface area contributed by atoms with Crippen molar-refractivity contribution in [2.45, 2.75) is 39.8 Å². The number of carbonyl (C=O) groups is 1. The lowest BCUT2D eigenvalue weighted by Gasteiger charge is -2.17. The van der Waals surface area contributed by atoms with Crippen LogP contribution in [0.25, 0.3) is 0 Å². The Labute approximate surface area is 142 Å². The van der Waals surface area contributed by atoms with Gasteiger partial charge in [0, 0.05) is 6.42 Å². The first-order valence-corrected chi connectivity index (χ1v) is 8.15. The number of hydrogen-bond donors (Lipinski definition) is 1. The third kappa shape index (κ3) is 4.97. The van der Waals surface area contributed by atoms with Crippen LogP contribution in [-0.2, 0) is 11.3 Å². The molecule has 0 saturated heterocycles. The maximum absolute atomic E-state index is 12.1. The van der Waals surface area contributed by atoms with Crippen LogP contribution in [0.1, 0.15) is 38.8 Å². The van der Waals surface area contributed by atoms with Crippen molar-refractivity contribution in [3.63, 3.8) is 0 Å². The Hall–Kier alpha value is -2.57. The zero-order chi connectivity index (χ0) is 17.4. The van der Waals surface area contributed by atoms with E-state index in [0.29, 0.717) is 37.7 Å². The number of aromatic nitrogens is 3. The summed E-state index contributed by atoms with van der Waals surface area (Å²) in [6.07, 6.45) is 3.40. The largest absolute Gasteiger partial charge is 0.490 e. The normalized spacial score (nSPS) is 11.8. The SMILES string of the molecule is CCOc1ccc(C(C)NC(=O)CCn2cncn2)cc1OCC. The van der Waals surface area contributed by atoms with E-state index in [2.05, 4.69) is 15.4 Å². The quantitative estimate of drug-likeness (QED) is 0.762. The van der Waals surface area contributed by atoms with E-state index < -0.39 is 0 Å². The van der Waals surface area contributed by atoms with Gasteiger partial charge in [0.2, 0.25) is 5.91 Å². The molecule has 0 aliphatic heterocycles. The van der Waals surface area contributed by atoms with Crippen LogP contribution < -0.4 is 14.8 Å². The number of benzene rings is 1. The molecule has 24 heavy (non-hydrogen) atoms. The lowest BCUT2D eigenvalue weighted by Crippen LogP contribution is -2.27. The van der Waals surface area contributed by atoms with Gasteiger partial charge in [-0.3, -0.25) is 9.48 Å². The number of hydrogen-bond acceptors (Lipinski definition) is 5. The molecule has 7 heteroatoms. The number of nitrogens with zero attached hydrogens (tertiary/aromatic N) is 3. The zero-order valence-electron chi connectivity index (χ0n) is 14.4. The molecule has 2 rings (SSSR count). The van der Waals surface area contributed by atoms with Crippen LogP contribution in [0.15, 0.2) is 30.9 Å². The van der Waals surface area contributed by atoms with Gasteiger partial charge in [0.05, 0.1) is 25.8 Å². The monoisotopic (exact) mass is 332 g/mol. The molecule has 0 aliphatic carbocycles. The first-order chi connectivity index (χ1) is 11.6. The van der Waals surface area contributed by atoms with E-state index in [1.165, 1.54) is 6.33 Å². The lowest BCUT2D eigenvalue weighted by molar-refractivity contribution is -0.122. The number of carbonyl (C=O) groups excluding carboxylic acids is 1. The Bertz CT molecular complexity index is 643. The Balaban J connectivity index is 1.96. The Morgan fingerprint density at radius 3 is 2.67 bits per heavy atom. The second-order valence-electron chi connectivity index (χ2n) is 5.27. The van der Waals surface area contributed by atoms with Crippen LogP contribution in [0.4, 0.5) is 0 Å². The van der Waals surface area contributed by atoms with Crippen molar-refractivity contribution >= 4 is 5.91 Å². The average molecular weight is 332 g/mol. The second-order valence-corrected chi connectivity index (χ2v) is 5.27. The molecule has 7 nitrogen and oxygen atoms in total. The molecule has 1 amide bonds. The molecule has 1 aromatic carbocycles. The highest BCUT2D eigenvalue weighted by molar-refractivity contribution is 5.76. The Kier molecular flexibility index (Phi) is 6.60. The van der Waals surface area contributed by atoms with Crippen molar-refractivity contribution in [1.82, 2.24) is 20.1 Å². The average Bonchev–Trinajstić information content (AvgIpc) is 3.08. The molecule has 0 spiro atoms. The van der Waals surface area contributed by atoms with Gasteiger partial charge in [-0.1, -0.05) is 6.07 Å². The van der Waals surface area contributed by atoms with Gasteiger partial charge in [-0.15, -0.1) is 0 Å². The lowest BCUT2D eigenvalue weighted by atomic mass is 10.1. The molecule has 0 radical (unpaired) electrons. The number of ether oxygens (including phenoxy) is 2. The first-order valence-electron chi connectivity index (χ1n) is 8.15. The molecule has 0 fully saturated rings. The van der Waals surface area contributed by atoms with Crippen molar-refractivity contribution in [1.29, 1.82) is 0 Å². The molecule has 1 N–H and O–H groups in total. The maximum atomic E-state index is 12.1. The number of nitrogens with one attached hydrogen (secondary N) is 1. The van der Waals surface area contributed by atoms with E-state index in [1.807, 2.05) is 39.0 Å². The van der Waals surface area contributed by atoms with Gasteiger partial charge in [-0.2, -0.15) is 5.10 Å². The van der Waals surface area contributed by atoms with E-state index >= 15 is 0 Å². The van der Waals surface area contributed by atoms with Gasteiger partial charge >= 0.3 is 0 Å². The fraction of sp³-hybridized carbons (Fsp3) is 0.471. The van der Waals surface area contributed by atoms with Gasteiger partial charge in [0.15, 0.2) is 11.5 Å². The zero-order valence-corrected chi connectivity index (χ0v) is 14.4. The highest BCUT2D eigenvalue weighted by atomic mass is 16.5. The van der Waals surface area contributed by atoms with E-state index in [9.17, 15) is 4.79 Å². The third-order valence-electron chi connectivity index (χ3n) is 3.48. The molecule has 1 unspecified atom stereocenters. The molecule has 1 atom stereocenters. The molecule has 0 saturated carbocycles. The molecule has 1 aromatic heterocycles. The van der Waals surface area contributed by atoms with Crippen molar-refractivity contribution < 1.29 is 14.3 Å². The van der Waals surface area contributed by atoms with Crippen LogP contribution in [-0.4, -0.2) is 33.9 Å². The molecule has 0 aliphatic rings. The van der Waals surface area contributed by atoms with E-state index in [0.717, 1.165) is 5.56 Å². The number of rotatable bonds is 9. The van der Waals surface area contributed by atoms with Crippen LogP contribution in [0.3, 0.4) is 0 Å². The van der Waals surface area contributed by atoms with Crippen LogP contribution in [0, 0.1) is 0 Å². The summed E-state index contributed by atoms with van der Waals surface area (Å²) in [6.45, 7) is 7.44. The summed E-state index contributed by atoms with van der Waals surface area (Å²) in [5.41, 5.74) is 0.969. The van der Waals surface area contributed by atoms with Crippen molar-refractivity contribution in [2.75, 3.05) is 13.2 Å². The molecular weight excluding hydrogens is 308 g/mol. The van der Waals surface area contributed by atoms with Gasteiger partial charge in [-0.05, 0) is 38.5 Å². The van der Waals surface area contributed by atoms with Crippen molar-refractivity contribution in [2.24, 2.45) is 0 Å². The molecule has 130 valence electrons. The first kappa shape index (κ1) is 17.8. The van der Waals surface area contributed by atoms with Crippen molar-refractivity contribution in [3.05, 3.63) is 36.4 Å². The summed E-state index contributed by atoms with van der Waals surface area (Å²) in [7, 11) is 0. The van der Waals surface area contributed by atoms with Crippen molar-refractivity contribution in [3.8, 4) is 11.5 Å². The summed E-state index contributed by atoms with van der Waals surface area (Å²) < 4.78 is 12.8. The minimum Gasteiger partial charge on any atom is -0.490 e. The number of aryl methyl sites for hydroxylation is 1. The van der Waals surface area contributed by atoms with Gasteiger partial charge in [0.1, 0.15) is 12.7 Å². The highest BCUT2D eigenvalue weighted by Gasteiger charge is 2.13. The summed E-state index contributed by atoms with van der Waals surface area (Å²) >= 11 is 0. The van der Waals surface area contributed by atoms with Gasteiger partial charge < -0.3 is 14.8 Å². The summed E-state index contributed by atoms with van der Waals surface area (Å²) in [5, 5.41) is 6.96. The summed E-state index contributed by atoms with van der Waals surface area (Å²) in [4.78, 5) is 15.9. The Morgan fingerprint density at radius 1 is 1.25 bits per heavy atom. The third-order valence-corrected chi connectivity index (χ3v) is 3.48. The predicted octanol–water partition coefficient (Wildman–Crippen LogP) is 2.34. The number of amides is 1. The second kappa shape index (κ2) is 8.90. The molecule has 0 bridgehead atoms. The summed E-state index contributed by atoms with van der Waals surface area (Å²) in [6, 6.07) is 5.61. The maximum Gasteiger partial charge on any atom is 0.222 e.